The molecule has 1 aromatic carbocycles. The molecule has 0 aliphatic rings. The molecular weight excluding hydrogens is 290 g/mol. The molecule has 1 aromatic heterocycles. The molecule has 0 aliphatic carbocycles. The van der Waals surface area contributed by atoms with Gasteiger partial charge in [-0.3, -0.25) is 0 Å². The van der Waals surface area contributed by atoms with Crippen LogP contribution in [0.25, 0.3) is 11.3 Å². The van der Waals surface area contributed by atoms with E-state index < -0.39 is 5.97 Å². The van der Waals surface area contributed by atoms with Gasteiger partial charge in [0, 0.05) is 17.1 Å². The Balaban J connectivity index is 2.42. The van der Waals surface area contributed by atoms with Crippen LogP contribution in [0.1, 0.15) is 37.2 Å². The summed E-state index contributed by atoms with van der Waals surface area (Å²) in [6.07, 6.45) is 2.14. The Morgan fingerprint density at radius 2 is 2.05 bits per heavy atom. The van der Waals surface area contributed by atoms with Gasteiger partial charge in [0.05, 0.1) is 0 Å². The van der Waals surface area contributed by atoms with E-state index in [2.05, 4.69) is 24.2 Å². The minimum absolute atomic E-state index is 0.0268. The molecule has 0 radical (unpaired) electrons. The van der Waals surface area contributed by atoms with E-state index in [1.807, 2.05) is 0 Å². The van der Waals surface area contributed by atoms with E-state index in [1.54, 1.807) is 28.9 Å². The van der Waals surface area contributed by atoms with Crippen LogP contribution in [0.4, 0.5) is 0 Å². The Hall–Kier alpha value is -1.88. The summed E-state index contributed by atoms with van der Waals surface area (Å²) in [5.41, 5.74) is 1.26. The largest absolute Gasteiger partial charge is 0.476 e. The minimum atomic E-state index is -1.07. The predicted molar refractivity (Wildman–Crippen MR) is 81.5 cm³/mol. The van der Waals surface area contributed by atoms with E-state index >= 15 is 0 Å². The molecule has 2 rings (SSSR count). The van der Waals surface area contributed by atoms with Gasteiger partial charge in [-0.2, -0.15) is 0 Å². The average molecular weight is 308 g/mol. The third kappa shape index (κ3) is 3.61. The highest BCUT2D eigenvalue weighted by Gasteiger charge is 2.21. The van der Waals surface area contributed by atoms with Crippen LogP contribution in [-0.4, -0.2) is 26.1 Å². The van der Waals surface area contributed by atoms with Crippen LogP contribution in [0.5, 0.6) is 0 Å². The smallest absolute Gasteiger partial charge is 0.358 e. The van der Waals surface area contributed by atoms with E-state index in [4.69, 9.17) is 11.6 Å². The van der Waals surface area contributed by atoms with Crippen molar-refractivity contribution in [1.29, 1.82) is 0 Å². The fourth-order valence-electron chi connectivity index (χ4n) is 2.36. The standard InChI is InChI=1S/C15H18ClN3O2/c1-3-4-10(2)9-19-14(13(15(20)21)17-18-19)11-5-7-12(16)8-6-11/h5-8,10H,3-4,9H2,1-2H3,(H,20,21). The Bertz CT molecular complexity index is 622. The molecule has 0 spiro atoms. The number of carboxylic acids is 1. The van der Waals surface area contributed by atoms with Crippen molar-refractivity contribution in [3.63, 3.8) is 0 Å². The van der Waals surface area contributed by atoms with E-state index in [9.17, 15) is 9.90 Å². The summed E-state index contributed by atoms with van der Waals surface area (Å²) in [7, 11) is 0. The van der Waals surface area contributed by atoms with Gasteiger partial charge >= 0.3 is 5.97 Å². The first-order chi connectivity index (χ1) is 10.0. The number of halogens is 1. The highest BCUT2D eigenvalue weighted by Crippen LogP contribution is 2.25. The maximum atomic E-state index is 11.3. The minimum Gasteiger partial charge on any atom is -0.476 e. The summed E-state index contributed by atoms with van der Waals surface area (Å²) in [5, 5.41) is 17.7. The number of carboxylic acid groups (broad SMARTS) is 1. The van der Waals surface area contributed by atoms with Crippen LogP contribution in [-0.2, 0) is 6.54 Å². The lowest BCUT2D eigenvalue weighted by Gasteiger charge is -2.12. The number of aromatic nitrogens is 3. The molecule has 0 bridgehead atoms. The Morgan fingerprint density at radius 3 is 2.62 bits per heavy atom. The SMILES string of the molecule is CCCC(C)Cn1nnc(C(=O)O)c1-c1ccc(Cl)cc1. The number of aromatic carboxylic acids is 1. The van der Waals surface area contributed by atoms with Gasteiger partial charge in [0.15, 0.2) is 5.69 Å². The van der Waals surface area contributed by atoms with Gasteiger partial charge in [-0.25, -0.2) is 9.48 Å². The first-order valence-electron chi connectivity index (χ1n) is 6.95. The predicted octanol–water partition coefficient (Wildman–Crippen LogP) is 3.73. The van der Waals surface area contributed by atoms with E-state index in [-0.39, 0.29) is 5.69 Å². The zero-order chi connectivity index (χ0) is 15.4. The summed E-state index contributed by atoms with van der Waals surface area (Å²) in [6, 6.07) is 7.04. The normalized spacial score (nSPS) is 12.3. The molecule has 2 aromatic rings. The second-order valence-electron chi connectivity index (χ2n) is 5.17. The van der Waals surface area contributed by atoms with Gasteiger partial charge in [-0.1, -0.05) is 49.2 Å². The maximum Gasteiger partial charge on any atom is 0.358 e. The maximum absolute atomic E-state index is 11.3. The van der Waals surface area contributed by atoms with Gasteiger partial charge in [0.1, 0.15) is 5.69 Å². The molecule has 0 aliphatic heterocycles. The number of carbonyl (C=O) groups is 1. The van der Waals surface area contributed by atoms with Crippen LogP contribution in [0.2, 0.25) is 5.02 Å². The molecule has 1 atom stereocenters. The lowest BCUT2D eigenvalue weighted by molar-refractivity contribution is 0.0691. The summed E-state index contributed by atoms with van der Waals surface area (Å²) in [4.78, 5) is 11.3. The molecule has 112 valence electrons. The lowest BCUT2D eigenvalue weighted by Crippen LogP contribution is -2.11. The van der Waals surface area contributed by atoms with Crippen molar-refractivity contribution in [3.05, 3.63) is 35.0 Å². The molecule has 0 amide bonds. The van der Waals surface area contributed by atoms with Crippen molar-refractivity contribution in [2.75, 3.05) is 0 Å². The van der Waals surface area contributed by atoms with E-state index in [0.29, 0.717) is 23.2 Å². The quantitative estimate of drug-likeness (QED) is 0.883. The number of nitrogens with zero attached hydrogens (tertiary/aromatic N) is 3. The number of hydrogen-bond donors (Lipinski definition) is 1. The second kappa shape index (κ2) is 6.72. The van der Waals surface area contributed by atoms with Gasteiger partial charge < -0.3 is 5.11 Å². The molecule has 1 heterocycles. The zero-order valence-electron chi connectivity index (χ0n) is 12.1. The van der Waals surface area contributed by atoms with Crippen molar-refractivity contribution in [2.45, 2.75) is 33.2 Å². The van der Waals surface area contributed by atoms with E-state index in [0.717, 1.165) is 18.4 Å². The Labute approximate surface area is 128 Å². The van der Waals surface area contributed by atoms with Gasteiger partial charge in [0.2, 0.25) is 0 Å². The Kier molecular flexibility index (Phi) is 4.96. The fourth-order valence-corrected chi connectivity index (χ4v) is 2.48. The van der Waals surface area contributed by atoms with Crippen molar-refractivity contribution >= 4 is 17.6 Å². The number of rotatable bonds is 6. The van der Waals surface area contributed by atoms with Crippen molar-refractivity contribution in [2.24, 2.45) is 5.92 Å². The first-order valence-corrected chi connectivity index (χ1v) is 7.33. The first kappa shape index (κ1) is 15.5. The third-order valence-corrected chi connectivity index (χ3v) is 3.57. The van der Waals surface area contributed by atoms with Gasteiger partial charge in [-0.15, -0.1) is 5.10 Å². The van der Waals surface area contributed by atoms with Gasteiger partial charge in [-0.05, 0) is 24.5 Å². The molecule has 1 unspecified atom stereocenters. The number of hydrogen-bond acceptors (Lipinski definition) is 3. The molecule has 0 saturated heterocycles. The van der Waals surface area contributed by atoms with Crippen molar-refractivity contribution in [1.82, 2.24) is 15.0 Å². The molecule has 0 fully saturated rings. The van der Waals surface area contributed by atoms with Crippen LogP contribution in [0, 0.1) is 5.92 Å². The summed E-state index contributed by atoms with van der Waals surface area (Å²) in [5.74, 6) is -0.668. The molecule has 1 N–H and O–H groups in total. The summed E-state index contributed by atoms with van der Waals surface area (Å²) in [6.45, 7) is 4.89. The van der Waals surface area contributed by atoms with Crippen molar-refractivity contribution < 1.29 is 9.90 Å². The van der Waals surface area contributed by atoms with Crippen LogP contribution < -0.4 is 0 Å². The van der Waals surface area contributed by atoms with Crippen molar-refractivity contribution in [3.8, 4) is 11.3 Å². The second-order valence-corrected chi connectivity index (χ2v) is 5.61. The summed E-state index contributed by atoms with van der Waals surface area (Å²) >= 11 is 5.89. The Morgan fingerprint density at radius 1 is 1.38 bits per heavy atom. The third-order valence-electron chi connectivity index (χ3n) is 3.32. The van der Waals surface area contributed by atoms with Crippen LogP contribution in [0.15, 0.2) is 24.3 Å². The van der Waals surface area contributed by atoms with Crippen LogP contribution >= 0.6 is 11.6 Å². The summed E-state index contributed by atoms with van der Waals surface area (Å²) < 4.78 is 1.67. The number of benzene rings is 1. The van der Waals surface area contributed by atoms with Gasteiger partial charge in [0.25, 0.3) is 0 Å². The highest BCUT2D eigenvalue weighted by atomic mass is 35.5. The molecule has 21 heavy (non-hydrogen) atoms. The molecule has 0 saturated carbocycles. The zero-order valence-corrected chi connectivity index (χ0v) is 12.8. The van der Waals surface area contributed by atoms with E-state index in [1.165, 1.54) is 0 Å². The highest BCUT2D eigenvalue weighted by molar-refractivity contribution is 6.30. The van der Waals surface area contributed by atoms with Crippen LogP contribution in [0.3, 0.4) is 0 Å². The monoisotopic (exact) mass is 307 g/mol. The average Bonchev–Trinajstić information content (AvgIpc) is 2.83. The molecule has 6 heteroatoms. The molecule has 5 nitrogen and oxygen atoms in total. The fraction of sp³-hybridized carbons (Fsp3) is 0.400. The molecular formula is C15H18ClN3O2. The lowest BCUT2D eigenvalue weighted by atomic mass is 10.1. The topological polar surface area (TPSA) is 68.0 Å².